The molecular weight excluding hydrogens is 271 g/mol. The van der Waals surface area contributed by atoms with Crippen molar-refractivity contribution in [3.63, 3.8) is 0 Å². The molecule has 0 aliphatic rings. The first kappa shape index (κ1) is 16.9. The topological polar surface area (TPSA) is 41.5 Å². The van der Waals surface area contributed by atoms with Gasteiger partial charge in [0.05, 0.1) is 11.7 Å². The minimum absolute atomic E-state index is 0.291. The Balaban J connectivity index is 2.46. The molecule has 0 heterocycles. The monoisotopic (exact) mass is 291 g/mol. The quantitative estimate of drug-likeness (QED) is 0.811. The Bertz CT molecular complexity index is 392. The zero-order chi connectivity index (χ0) is 15.2. The van der Waals surface area contributed by atoms with Gasteiger partial charge in [0.1, 0.15) is 0 Å². The van der Waals surface area contributed by atoms with Crippen LogP contribution in [-0.4, -0.2) is 31.9 Å². The molecule has 0 aromatic heterocycles. The normalized spacial score (nSPS) is 15.1. The molecule has 6 heteroatoms. The van der Waals surface area contributed by atoms with Gasteiger partial charge in [-0.1, -0.05) is 19.1 Å². The van der Waals surface area contributed by atoms with Crippen molar-refractivity contribution in [3.8, 4) is 0 Å². The largest absolute Gasteiger partial charge is 0.416 e. The van der Waals surface area contributed by atoms with Crippen LogP contribution >= 0.6 is 0 Å². The lowest BCUT2D eigenvalue weighted by Crippen LogP contribution is -2.28. The van der Waals surface area contributed by atoms with Gasteiger partial charge in [0.25, 0.3) is 0 Å². The Kier molecular flexibility index (Phi) is 6.45. The maximum absolute atomic E-state index is 12.4. The van der Waals surface area contributed by atoms with Crippen molar-refractivity contribution in [1.29, 1.82) is 0 Å². The third-order valence-electron chi connectivity index (χ3n) is 2.90. The zero-order valence-electron chi connectivity index (χ0n) is 11.6. The number of alkyl halides is 3. The lowest BCUT2D eigenvalue weighted by atomic mass is 10.1. The van der Waals surface area contributed by atoms with Crippen molar-refractivity contribution in [2.24, 2.45) is 5.92 Å². The Hall–Kier alpha value is -1.11. The van der Waals surface area contributed by atoms with E-state index in [1.165, 1.54) is 12.1 Å². The molecule has 0 aliphatic carbocycles. The molecule has 0 spiro atoms. The molecule has 20 heavy (non-hydrogen) atoms. The van der Waals surface area contributed by atoms with E-state index in [1.807, 2.05) is 6.92 Å². The van der Waals surface area contributed by atoms with Crippen LogP contribution in [0.2, 0.25) is 0 Å². The minimum Gasteiger partial charge on any atom is -0.387 e. The fraction of sp³-hybridized carbons (Fsp3) is 0.571. The second-order valence-corrected chi connectivity index (χ2v) is 4.85. The number of benzene rings is 1. The predicted molar refractivity (Wildman–Crippen MR) is 70.3 cm³/mol. The van der Waals surface area contributed by atoms with Crippen LogP contribution in [0.4, 0.5) is 13.2 Å². The first-order chi connectivity index (χ1) is 9.34. The molecule has 1 rings (SSSR count). The molecule has 0 bridgehead atoms. The van der Waals surface area contributed by atoms with E-state index in [2.05, 4.69) is 5.32 Å². The lowest BCUT2D eigenvalue weighted by molar-refractivity contribution is -0.137. The van der Waals surface area contributed by atoms with Gasteiger partial charge in [0.15, 0.2) is 0 Å². The van der Waals surface area contributed by atoms with E-state index in [-0.39, 0.29) is 0 Å². The molecule has 2 unspecified atom stereocenters. The second-order valence-electron chi connectivity index (χ2n) is 4.85. The van der Waals surface area contributed by atoms with Gasteiger partial charge in [-0.05, 0) is 23.6 Å². The lowest BCUT2D eigenvalue weighted by Gasteiger charge is -2.16. The Morgan fingerprint density at radius 3 is 2.30 bits per heavy atom. The van der Waals surface area contributed by atoms with Gasteiger partial charge in [-0.2, -0.15) is 13.2 Å². The van der Waals surface area contributed by atoms with Crippen molar-refractivity contribution in [3.05, 3.63) is 35.4 Å². The first-order valence-corrected chi connectivity index (χ1v) is 6.39. The molecule has 0 aliphatic heterocycles. The Morgan fingerprint density at radius 2 is 1.80 bits per heavy atom. The standard InChI is InChI=1S/C14H20F3NO2/c1-10(9-20-2)7-18-8-13(19)11-3-5-12(6-4-11)14(15,16)17/h3-6,10,13,18-19H,7-9H2,1-2H3. The summed E-state index contributed by atoms with van der Waals surface area (Å²) in [5.74, 6) is 0.305. The van der Waals surface area contributed by atoms with Crippen molar-refractivity contribution in [2.45, 2.75) is 19.2 Å². The van der Waals surface area contributed by atoms with Gasteiger partial charge in [-0.25, -0.2) is 0 Å². The van der Waals surface area contributed by atoms with E-state index >= 15 is 0 Å². The first-order valence-electron chi connectivity index (χ1n) is 6.39. The third-order valence-corrected chi connectivity index (χ3v) is 2.90. The summed E-state index contributed by atoms with van der Waals surface area (Å²) in [6.07, 6.45) is -5.18. The summed E-state index contributed by atoms with van der Waals surface area (Å²) in [7, 11) is 1.62. The summed E-state index contributed by atoms with van der Waals surface area (Å²) >= 11 is 0. The molecule has 0 radical (unpaired) electrons. The van der Waals surface area contributed by atoms with Gasteiger partial charge < -0.3 is 15.2 Å². The zero-order valence-corrected chi connectivity index (χ0v) is 11.6. The number of aliphatic hydroxyl groups excluding tert-OH is 1. The molecule has 114 valence electrons. The average Bonchev–Trinajstić information content (AvgIpc) is 2.38. The van der Waals surface area contributed by atoms with Crippen LogP contribution in [0.5, 0.6) is 0 Å². The van der Waals surface area contributed by atoms with Crippen LogP contribution in [0, 0.1) is 5.92 Å². The highest BCUT2D eigenvalue weighted by molar-refractivity contribution is 5.26. The van der Waals surface area contributed by atoms with E-state index in [1.54, 1.807) is 7.11 Å². The van der Waals surface area contributed by atoms with Crippen LogP contribution in [0.1, 0.15) is 24.2 Å². The molecule has 1 aromatic rings. The fourth-order valence-corrected chi connectivity index (χ4v) is 1.82. The third kappa shape index (κ3) is 5.48. The van der Waals surface area contributed by atoms with Crippen LogP contribution in [-0.2, 0) is 10.9 Å². The SMILES string of the molecule is COCC(C)CNCC(O)c1ccc(C(F)(F)F)cc1. The summed E-state index contributed by atoms with van der Waals surface area (Å²) in [4.78, 5) is 0. The smallest absolute Gasteiger partial charge is 0.387 e. The molecule has 0 amide bonds. The van der Waals surface area contributed by atoms with Crippen molar-refractivity contribution in [2.75, 3.05) is 26.8 Å². The molecular formula is C14H20F3NO2. The Labute approximate surface area is 116 Å². The minimum atomic E-state index is -4.35. The van der Waals surface area contributed by atoms with Gasteiger partial charge in [0.2, 0.25) is 0 Å². The fourth-order valence-electron chi connectivity index (χ4n) is 1.82. The number of ether oxygens (including phenoxy) is 1. The highest BCUT2D eigenvalue weighted by Crippen LogP contribution is 2.29. The average molecular weight is 291 g/mol. The van der Waals surface area contributed by atoms with E-state index in [9.17, 15) is 18.3 Å². The number of aliphatic hydroxyl groups is 1. The molecule has 0 saturated carbocycles. The molecule has 2 N–H and O–H groups in total. The van der Waals surface area contributed by atoms with E-state index in [0.29, 0.717) is 31.2 Å². The van der Waals surface area contributed by atoms with Gasteiger partial charge >= 0.3 is 6.18 Å². The van der Waals surface area contributed by atoms with Gasteiger partial charge in [-0.15, -0.1) is 0 Å². The van der Waals surface area contributed by atoms with Crippen molar-refractivity contribution >= 4 is 0 Å². The number of halogens is 3. The highest BCUT2D eigenvalue weighted by atomic mass is 19.4. The number of hydrogen-bond donors (Lipinski definition) is 2. The molecule has 1 aromatic carbocycles. The number of nitrogens with one attached hydrogen (secondary N) is 1. The number of rotatable bonds is 7. The van der Waals surface area contributed by atoms with Gasteiger partial charge in [-0.3, -0.25) is 0 Å². The summed E-state index contributed by atoms with van der Waals surface area (Å²) in [5, 5.41) is 12.9. The second kappa shape index (κ2) is 7.61. The molecule has 0 fully saturated rings. The predicted octanol–water partition coefficient (Wildman–Crippen LogP) is 2.61. The highest BCUT2D eigenvalue weighted by Gasteiger charge is 2.30. The van der Waals surface area contributed by atoms with Gasteiger partial charge in [0, 0.05) is 26.8 Å². The summed E-state index contributed by atoms with van der Waals surface area (Å²) < 4.78 is 42.2. The van der Waals surface area contributed by atoms with E-state index < -0.39 is 17.8 Å². The summed E-state index contributed by atoms with van der Waals surface area (Å²) in [6.45, 7) is 3.58. The van der Waals surface area contributed by atoms with Crippen LogP contribution in [0.25, 0.3) is 0 Å². The van der Waals surface area contributed by atoms with Crippen LogP contribution in [0.3, 0.4) is 0 Å². The van der Waals surface area contributed by atoms with E-state index in [0.717, 1.165) is 12.1 Å². The Morgan fingerprint density at radius 1 is 1.20 bits per heavy atom. The van der Waals surface area contributed by atoms with Crippen molar-refractivity contribution < 1.29 is 23.0 Å². The maximum Gasteiger partial charge on any atom is 0.416 e. The van der Waals surface area contributed by atoms with Crippen LogP contribution in [0.15, 0.2) is 24.3 Å². The molecule has 3 nitrogen and oxygen atoms in total. The van der Waals surface area contributed by atoms with Crippen LogP contribution < -0.4 is 5.32 Å². The molecule has 0 saturated heterocycles. The number of methoxy groups -OCH3 is 1. The number of hydrogen-bond acceptors (Lipinski definition) is 3. The van der Waals surface area contributed by atoms with Crippen molar-refractivity contribution in [1.82, 2.24) is 5.32 Å². The molecule has 2 atom stereocenters. The summed E-state index contributed by atoms with van der Waals surface area (Å²) in [6, 6.07) is 4.56. The summed E-state index contributed by atoms with van der Waals surface area (Å²) in [5.41, 5.74) is -0.250. The maximum atomic E-state index is 12.4. The van der Waals surface area contributed by atoms with E-state index in [4.69, 9.17) is 4.74 Å².